The van der Waals surface area contributed by atoms with Gasteiger partial charge in [0.15, 0.2) is 0 Å². The maximum atomic E-state index is 11.9. The Kier molecular flexibility index (Phi) is 7.85. The molecular formula is C19H21NO4S. The highest BCUT2D eigenvalue weighted by atomic mass is 32.2. The van der Waals surface area contributed by atoms with Gasteiger partial charge in [-0.1, -0.05) is 60.7 Å². The van der Waals surface area contributed by atoms with Crippen LogP contribution in [0, 0.1) is 0 Å². The third-order valence-corrected chi connectivity index (χ3v) is 4.49. The van der Waals surface area contributed by atoms with Gasteiger partial charge in [0.1, 0.15) is 12.6 Å². The molecule has 0 aliphatic rings. The number of alkyl carbamates (subject to hydrolysis) is 1. The zero-order valence-corrected chi connectivity index (χ0v) is 14.8. The Hall–Kier alpha value is -2.47. The summed E-state index contributed by atoms with van der Waals surface area (Å²) in [6, 6.07) is 18.5. The molecule has 1 amide bonds. The molecule has 0 spiro atoms. The van der Waals surface area contributed by atoms with E-state index in [4.69, 9.17) is 9.47 Å². The molecule has 132 valence electrons. The van der Waals surface area contributed by atoms with Crippen molar-refractivity contribution in [2.45, 2.75) is 18.4 Å². The summed E-state index contributed by atoms with van der Waals surface area (Å²) in [4.78, 5) is 23.8. The minimum Gasteiger partial charge on any atom is -0.467 e. The lowest BCUT2D eigenvalue weighted by molar-refractivity contribution is -0.142. The molecule has 2 aromatic carbocycles. The van der Waals surface area contributed by atoms with E-state index in [9.17, 15) is 9.59 Å². The lowest BCUT2D eigenvalue weighted by Gasteiger charge is -2.16. The number of rotatable bonds is 8. The van der Waals surface area contributed by atoms with E-state index < -0.39 is 18.1 Å². The zero-order valence-electron chi connectivity index (χ0n) is 14.0. The Morgan fingerprint density at radius 2 is 1.60 bits per heavy atom. The summed E-state index contributed by atoms with van der Waals surface area (Å²) in [5.74, 6) is 0.661. The van der Waals surface area contributed by atoms with Crippen LogP contribution in [0.4, 0.5) is 4.79 Å². The number of methoxy groups -OCH3 is 1. The molecule has 0 heterocycles. The molecule has 0 aliphatic carbocycles. The predicted octanol–water partition coefficient (Wildman–Crippen LogP) is 3.39. The lowest BCUT2D eigenvalue weighted by atomic mass is 10.2. The molecular weight excluding hydrogens is 338 g/mol. The third-order valence-electron chi connectivity index (χ3n) is 3.39. The summed E-state index contributed by atoms with van der Waals surface area (Å²) in [6.07, 6.45) is -0.639. The molecule has 1 atom stereocenters. The van der Waals surface area contributed by atoms with Crippen molar-refractivity contribution in [2.75, 3.05) is 12.9 Å². The molecule has 0 bridgehead atoms. The highest BCUT2D eigenvalue weighted by Gasteiger charge is 2.22. The van der Waals surface area contributed by atoms with E-state index in [0.717, 1.165) is 16.9 Å². The fourth-order valence-electron chi connectivity index (χ4n) is 2.09. The van der Waals surface area contributed by atoms with Crippen molar-refractivity contribution in [1.82, 2.24) is 5.32 Å². The average Bonchev–Trinajstić information content (AvgIpc) is 2.66. The van der Waals surface area contributed by atoms with Gasteiger partial charge < -0.3 is 14.8 Å². The first-order valence-corrected chi connectivity index (χ1v) is 9.01. The molecule has 25 heavy (non-hydrogen) atoms. The van der Waals surface area contributed by atoms with E-state index in [1.165, 1.54) is 7.11 Å². The maximum Gasteiger partial charge on any atom is 0.408 e. The molecule has 0 fully saturated rings. The van der Waals surface area contributed by atoms with Crippen molar-refractivity contribution < 1.29 is 19.1 Å². The molecule has 5 nitrogen and oxygen atoms in total. The number of hydrogen-bond donors (Lipinski definition) is 1. The van der Waals surface area contributed by atoms with Crippen LogP contribution in [0.15, 0.2) is 60.7 Å². The van der Waals surface area contributed by atoms with E-state index in [1.54, 1.807) is 11.8 Å². The van der Waals surface area contributed by atoms with Crippen molar-refractivity contribution in [3.8, 4) is 0 Å². The van der Waals surface area contributed by atoms with Crippen LogP contribution in [0.5, 0.6) is 0 Å². The van der Waals surface area contributed by atoms with Crippen molar-refractivity contribution in [1.29, 1.82) is 0 Å². The van der Waals surface area contributed by atoms with Crippen LogP contribution in [-0.4, -0.2) is 31.0 Å². The van der Waals surface area contributed by atoms with Gasteiger partial charge in [-0.05, 0) is 11.1 Å². The molecule has 0 saturated heterocycles. The standard InChI is InChI=1S/C19H21NO4S/c1-23-18(21)17(14-25-13-16-10-6-3-7-11-16)20-19(22)24-12-15-8-4-2-5-9-15/h2-11,17H,12-14H2,1H3,(H,20,22)/t17-/m0/s1. The van der Waals surface area contributed by atoms with Crippen molar-refractivity contribution in [2.24, 2.45) is 0 Å². The van der Waals surface area contributed by atoms with Gasteiger partial charge >= 0.3 is 12.1 Å². The Morgan fingerprint density at radius 3 is 2.20 bits per heavy atom. The predicted molar refractivity (Wildman–Crippen MR) is 98.2 cm³/mol. The van der Waals surface area contributed by atoms with E-state index in [2.05, 4.69) is 5.32 Å². The largest absolute Gasteiger partial charge is 0.467 e. The molecule has 0 aromatic heterocycles. The number of hydrogen-bond acceptors (Lipinski definition) is 5. The van der Waals surface area contributed by atoms with E-state index >= 15 is 0 Å². The summed E-state index contributed by atoms with van der Waals surface area (Å²) in [5, 5.41) is 2.57. The number of benzene rings is 2. The molecule has 0 unspecified atom stereocenters. The fourth-order valence-corrected chi connectivity index (χ4v) is 3.09. The van der Waals surface area contributed by atoms with Crippen LogP contribution in [-0.2, 0) is 26.6 Å². The van der Waals surface area contributed by atoms with Crippen molar-refractivity contribution >= 4 is 23.8 Å². The van der Waals surface area contributed by atoms with E-state index in [1.807, 2.05) is 60.7 Å². The van der Waals surface area contributed by atoms with Gasteiger partial charge in [-0.2, -0.15) is 11.8 Å². The molecule has 0 radical (unpaired) electrons. The second kappa shape index (κ2) is 10.4. The van der Waals surface area contributed by atoms with Crippen molar-refractivity contribution in [3.05, 3.63) is 71.8 Å². The smallest absolute Gasteiger partial charge is 0.408 e. The molecule has 0 saturated carbocycles. The Labute approximate surface area is 151 Å². The summed E-state index contributed by atoms with van der Waals surface area (Å²) >= 11 is 1.54. The molecule has 6 heteroatoms. The summed E-state index contributed by atoms with van der Waals surface area (Å²) in [5.41, 5.74) is 2.04. The number of ether oxygens (including phenoxy) is 2. The zero-order chi connectivity index (χ0) is 17.9. The third kappa shape index (κ3) is 6.89. The average molecular weight is 359 g/mol. The van der Waals surface area contributed by atoms with Crippen LogP contribution < -0.4 is 5.32 Å². The van der Waals surface area contributed by atoms with Crippen LogP contribution in [0.25, 0.3) is 0 Å². The van der Waals surface area contributed by atoms with Gasteiger partial charge in [-0.15, -0.1) is 0 Å². The van der Waals surface area contributed by atoms with Gasteiger partial charge in [0.2, 0.25) is 0 Å². The van der Waals surface area contributed by atoms with Gasteiger partial charge in [0.05, 0.1) is 7.11 Å². The topological polar surface area (TPSA) is 64.6 Å². The van der Waals surface area contributed by atoms with Crippen LogP contribution >= 0.6 is 11.8 Å². The number of thioether (sulfide) groups is 1. The van der Waals surface area contributed by atoms with Crippen LogP contribution in [0.1, 0.15) is 11.1 Å². The van der Waals surface area contributed by atoms with Crippen LogP contribution in [0.3, 0.4) is 0 Å². The summed E-state index contributed by atoms with van der Waals surface area (Å²) in [7, 11) is 1.30. The fraction of sp³-hybridized carbons (Fsp3) is 0.263. The highest BCUT2D eigenvalue weighted by molar-refractivity contribution is 7.98. The van der Waals surface area contributed by atoms with Gasteiger partial charge in [0, 0.05) is 11.5 Å². The minimum absolute atomic E-state index is 0.151. The number of carbonyl (C=O) groups is 2. The van der Waals surface area contributed by atoms with Crippen LogP contribution in [0.2, 0.25) is 0 Å². The van der Waals surface area contributed by atoms with Gasteiger partial charge in [0.25, 0.3) is 0 Å². The first kappa shape index (κ1) is 18.9. The highest BCUT2D eigenvalue weighted by Crippen LogP contribution is 2.13. The summed E-state index contributed by atoms with van der Waals surface area (Å²) < 4.78 is 9.91. The molecule has 2 aromatic rings. The first-order chi connectivity index (χ1) is 12.2. The number of carbonyl (C=O) groups excluding carboxylic acids is 2. The minimum atomic E-state index is -0.748. The lowest BCUT2D eigenvalue weighted by Crippen LogP contribution is -2.43. The quantitative estimate of drug-likeness (QED) is 0.732. The summed E-state index contributed by atoms with van der Waals surface area (Å²) in [6.45, 7) is 0.151. The Bertz CT molecular complexity index is 664. The molecule has 2 rings (SSSR count). The first-order valence-electron chi connectivity index (χ1n) is 7.85. The second-order valence-electron chi connectivity index (χ2n) is 5.28. The Morgan fingerprint density at radius 1 is 1.00 bits per heavy atom. The Balaban J connectivity index is 1.80. The second-order valence-corrected chi connectivity index (χ2v) is 6.31. The van der Waals surface area contributed by atoms with E-state index in [0.29, 0.717) is 5.75 Å². The monoisotopic (exact) mass is 359 g/mol. The molecule has 0 aliphatic heterocycles. The van der Waals surface area contributed by atoms with E-state index in [-0.39, 0.29) is 6.61 Å². The van der Waals surface area contributed by atoms with Gasteiger partial charge in [-0.3, -0.25) is 0 Å². The normalized spacial score (nSPS) is 11.4. The van der Waals surface area contributed by atoms with Crippen molar-refractivity contribution in [3.63, 3.8) is 0 Å². The van der Waals surface area contributed by atoms with Gasteiger partial charge in [-0.25, -0.2) is 9.59 Å². The number of nitrogens with one attached hydrogen (secondary N) is 1. The maximum absolute atomic E-state index is 11.9. The molecule has 1 N–H and O–H groups in total. The number of amides is 1. The SMILES string of the molecule is COC(=O)[C@H](CSCc1ccccc1)NC(=O)OCc1ccccc1. The number of esters is 1.